The fraction of sp³-hybridized carbons (Fsp3) is 0.400. The van der Waals surface area contributed by atoms with Gasteiger partial charge in [-0.1, -0.05) is 43.3 Å². The van der Waals surface area contributed by atoms with Crippen LogP contribution in [0.15, 0.2) is 54.7 Å². The quantitative estimate of drug-likeness (QED) is 0.848. The molecule has 0 N–H and O–H groups in total. The summed E-state index contributed by atoms with van der Waals surface area (Å²) in [5, 5.41) is 0. The van der Waals surface area contributed by atoms with E-state index in [1.807, 2.05) is 36.5 Å². The molecule has 1 aromatic carbocycles. The lowest BCUT2D eigenvalue weighted by Crippen LogP contribution is -2.42. The van der Waals surface area contributed by atoms with Crippen molar-refractivity contribution in [3.05, 3.63) is 66.0 Å². The molecule has 1 amide bonds. The lowest BCUT2D eigenvalue weighted by Gasteiger charge is -2.31. The van der Waals surface area contributed by atoms with Crippen LogP contribution in [0, 0.1) is 0 Å². The van der Waals surface area contributed by atoms with Gasteiger partial charge < -0.3 is 4.90 Å². The molecule has 0 spiro atoms. The second-order valence-corrected chi connectivity index (χ2v) is 6.38. The number of nitrogens with zero attached hydrogens (tertiary/aromatic N) is 3. The van der Waals surface area contributed by atoms with Gasteiger partial charge >= 0.3 is 0 Å². The number of rotatable bonds is 5. The van der Waals surface area contributed by atoms with Crippen molar-refractivity contribution in [3.63, 3.8) is 0 Å². The number of aromatic nitrogens is 1. The number of pyridine rings is 1. The fourth-order valence-electron chi connectivity index (χ4n) is 3.30. The summed E-state index contributed by atoms with van der Waals surface area (Å²) in [4.78, 5) is 21.5. The molecule has 1 atom stereocenters. The molecule has 1 aliphatic heterocycles. The van der Waals surface area contributed by atoms with Gasteiger partial charge in [-0.2, -0.15) is 0 Å². The highest BCUT2D eigenvalue weighted by atomic mass is 16.2. The minimum atomic E-state index is 0.254. The molecule has 3 rings (SSSR count). The molecule has 1 fully saturated rings. The number of carbonyl (C=O) groups excluding carboxylic acids is 1. The maximum absolute atomic E-state index is 12.7. The summed E-state index contributed by atoms with van der Waals surface area (Å²) in [5.41, 5.74) is 2.26. The molecule has 0 aliphatic carbocycles. The first-order valence-corrected chi connectivity index (χ1v) is 8.72. The van der Waals surface area contributed by atoms with E-state index in [4.69, 9.17) is 0 Å². The van der Waals surface area contributed by atoms with Crippen molar-refractivity contribution in [2.75, 3.05) is 13.1 Å². The fourth-order valence-corrected chi connectivity index (χ4v) is 3.30. The highest BCUT2D eigenvalue weighted by molar-refractivity contribution is 5.77. The van der Waals surface area contributed by atoms with Gasteiger partial charge in [0.2, 0.25) is 5.91 Å². The van der Waals surface area contributed by atoms with Gasteiger partial charge in [-0.05, 0) is 24.1 Å². The lowest BCUT2D eigenvalue weighted by molar-refractivity contribution is -0.133. The van der Waals surface area contributed by atoms with E-state index in [1.165, 1.54) is 5.56 Å². The molecule has 1 saturated heterocycles. The Balaban J connectivity index is 1.71. The van der Waals surface area contributed by atoms with Crippen LogP contribution in [-0.4, -0.2) is 39.8 Å². The smallest absolute Gasteiger partial charge is 0.224 e. The van der Waals surface area contributed by atoms with Crippen LogP contribution in [0.25, 0.3) is 0 Å². The van der Waals surface area contributed by atoms with Crippen molar-refractivity contribution >= 4 is 5.91 Å². The molecule has 24 heavy (non-hydrogen) atoms. The van der Waals surface area contributed by atoms with Gasteiger partial charge in [0.15, 0.2) is 0 Å². The molecule has 4 nitrogen and oxygen atoms in total. The number of hydrogen-bond donors (Lipinski definition) is 0. The zero-order chi connectivity index (χ0) is 16.8. The van der Waals surface area contributed by atoms with Crippen molar-refractivity contribution in [1.82, 2.24) is 14.8 Å². The monoisotopic (exact) mass is 323 g/mol. The van der Waals surface area contributed by atoms with Crippen molar-refractivity contribution < 1.29 is 4.79 Å². The molecular weight excluding hydrogens is 298 g/mol. The average Bonchev–Trinajstić information content (AvgIpc) is 2.77. The van der Waals surface area contributed by atoms with Gasteiger partial charge in [0.05, 0.1) is 5.69 Å². The first-order chi connectivity index (χ1) is 11.8. The van der Waals surface area contributed by atoms with E-state index >= 15 is 0 Å². The van der Waals surface area contributed by atoms with Crippen LogP contribution in [0.1, 0.15) is 31.0 Å². The third kappa shape index (κ3) is 4.20. The molecule has 0 radical (unpaired) electrons. The Hall–Kier alpha value is -2.20. The second kappa shape index (κ2) is 8.06. The largest absolute Gasteiger partial charge is 0.334 e. The van der Waals surface area contributed by atoms with Crippen LogP contribution in [0.3, 0.4) is 0 Å². The predicted octanol–water partition coefficient (Wildman–Crippen LogP) is 3.09. The summed E-state index contributed by atoms with van der Waals surface area (Å²) in [6.07, 6.45) is 3.38. The van der Waals surface area contributed by atoms with E-state index in [-0.39, 0.29) is 11.9 Å². The summed E-state index contributed by atoms with van der Waals surface area (Å²) in [6, 6.07) is 16.5. The number of hydrogen-bond acceptors (Lipinski definition) is 3. The summed E-state index contributed by atoms with van der Waals surface area (Å²) in [5.74, 6) is 0.259. The third-order valence-corrected chi connectivity index (χ3v) is 4.65. The van der Waals surface area contributed by atoms with Crippen LogP contribution in [-0.2, 0) is 17.9 Å². The van der Waals surface area contributed by atoms with Crippen molar-refractivity contribution in [2.45, 2.75) is 38.9 Å². The third-order valence-electron chi connectivity index (χ3n) is 4.65. The molecule has 2 heterocycles. The molecule has 0 saturated carbocycles. The first-order valence-electron chi connectivity index (χ1n) is 8.72. The van der Waals surface area contributed by atoms with E-state index in [1.54, 1.807) is 0 Å². The summed E-state index contributed by atoms with van der Waals surface area (Å²) in [6.45, 7) is 5.39. The Labute approximate surface area is 144 Å². The van der Waals surface area contributed by atoms with Crippen LogP contribution in [0.5, 0.6) is 0 Å². The lowest BCUT2D eigenvalue weighted by atomic mass is 10.1. The molecular formula is C20H25N3O. The van der Waals surface area contributed by atoms with E-state index < -0.39 is 0 Å². The van der Waals surface area contributed by atoms with E-state index in [0.717, 1.165) is 31.7 Å². The summed E-state index contributed by atoms with van der Waals surface area (Å²) in [7, 11) is 0. The molecule has 2 aromatic rings. The Morgan fingerprint density at radius 2 is 1.88 bits per heavy atom. The molecule has 0 bridgehead atoms. The van der Waals surface area contributed by atoms with Crippen LogP contribution < -0.4 is 0 Å². The zero-order valence-electron chi connectivity index (χ0n) is 14.3. The minimum absolute atomic E-state index is 0.254. The second-order valence-electron chi connectivity index (χ2n) is 6.38. The standard InChI is InChI=1S/C20H25N3O/c1-2-19-16-22(15-18-10-6-7-12-21-18)13-11-20(24)23(19)14-17-8-4-3-5-9-17/h3-10,12,19H,2,11,13-16H2,1H3/t19-/m0/s1. The van der Waals surface area contributed by atoms with Crippen LogP contribution in [0.2, 0.25) is 0 Å². The number of carbonyl (C=O) groups is 1. The van der Waals surface area contributed by atoms with Crippen molar-refractivity contribution in [2.24, 2.45) is 0 Å². The Morgan fingerprint density at radius 1 is 1.08 bits per heavy atom. The molecule has 1 aromatic heterocycles. The highest BCUT2D eigenvalue weighted by Gasteiger charge is 2.28. The Morgan fingerprint density at radius 3 is 2.58 bits per heavy atom. The maximum atomic E-state index is 12.7. The molecule has 4 heteroatoms. The van der Waals surface area contributed by atoms with Crippen LogP contribution in [0.4, 0.5) is 0 Å². The van der Waals surface area contributed by atoms with Gasteiger partial charge in [0, 0.05) is 44.8 Å². The Kier molecular flexibility index (Phi) is 5.59. The molecule has 0 unspecified atom stereocenters. The highest BCUT2D eigenvalue weighted by Crippen LogP contribution is 2.18. The number of amides is 1. The Bertz CT molecular complexity index is 644. The molecule has 1 aliphatic rings. The SMILES string of the molecule is CC[C@H]1CN(Cc2ccccn2)CCC(=O)N1Cc1ccccc1. The number of benzene rings is 1. The topological polar surface area (TPSA) is 36.4 Å². The first kappa shape index (κ1) is 16.7. The van der Waals surface area contributed by atoms with Crippen molar-refractivity contribution in [3.8, 4) is 0 Å². The van der Waals surface area contributed by atoms with Crippen molar-refractivity contribution in [1.29, 1.82) is 0 Å². The van der Waals surface area contributed by atoms with Gasteiger partial charge in [-0.25, -0.2) is 0 Å². The average molecular weight is 323 g/mol. The normalized spacial score (nSPS) is 19.3. The van der Waals surface area contributed by atoms with E-state index in [0.29, 0.717) is 13.0 Å². The van der Waals surface area contributed by atoms with Gasteiger partial charge in [0.25, 0.3) is 0 Å². The predicted molar refractivity (Wildman–Crippen MR) is 95.2 cm³/mol. The van der Waals surface area contributed by atoms with Gasteiger partial charge in [-0.15, -0.1) is 0 Å². The zero-order valence-corrected chi connectivity index (χ0v) is 14.3. The van der Waals surface area contributed by atoms with Gasteiger partial charge in [-0.3, -0.25) is 14.7 Å². The minimum Gasteiger partial charge on any atom is -0.334 e. The van der Waals surface area contributed by atoms with Gasteiger partial charge in [0.1, 0.15) is 0 Å². The van der Waals surface area contributed by atoms with E-state index in [2.05, 4.69) is 39.9 Å². The summed E-state index contributed by atoms with van der Waals surface area (Å²) >= 11 is 0. The molecule has 126 valence electrons. The maximum Gasteiger partial charge on any atom is 0.224 e. The van der Waals surface area contributed by atoms with Crippen LogP contribution >= 0.6 is 0 Å². The van der Waals surface area contributed by atoms with E-state index in [9.17, 15) is 4.79 Å². The summed E-state index contributed by atoms with van der Waals surface area (Å²) < 4.78 is 0.